The Labute approximate surface area is 116 Å². The van der Waals surface area contributed by atoms with Crippen LogP contribution in [0, 0.1) is 0 Å². The first-order chi connectivity index (χ1) is 9.70. The van der Waals surface area contributed by atoms with Gasteiger partial charge in [0.15, 0.2) is 0 Å². The minimum Gasteiger partial charge on any atom is -0.487 e. The molecule has 0 fully saturated rings. The molecule has 5 nitrogen and oxygen atoms in total. The van der Waals surface area contributed by atoms with Crippen molar-refractivity contribution < 1.29 is 26.7 Å². The molecular weight excluding hydrogens is 299 g/mol. The van der Waals surface area contributed by atoms with Crippen LogP contribution in [0.25, 0.3) is 0 Å². The average Bonchev–Trinajstić information content (AvgIpc) is 2.34. The van der Waals surface area contributed by atoms with Crippen molar-refractivity contribution in [1.29, 1.82) is 0 Å². The third kappa shape index (κ3) is 5.63. The van der Waals surface area contributed by atoms with E-state index in [1.807, 2.05) is 0 Å². The van der Waals surface area contributed by atoms with Gasteiger partial charge in [-0.25, -0.2) is 8.78 Å². The maximum atomic E-state index is 12.7. The van der Waals surface area contributed by atoms with E-state index in [0.29, 0.717) is 6.07 Å². The number of guanidine groups is 1. The van der Waals surface area contributed by atoms with Gasteiger partial charge >= 0.3 is 6.18 Å². The van der Waals surface area contributed by atoms with E-state index in [1.165, 1.54) is 0 Å². The summed E-state index contributed by atoms with van der Waals surface area (Å²) in [5, 5.41) is 6.65. The van der Waals surface area contributed by atoms with Gasteiger partial charge in [-0.15, -0.1) is 5.10 Å². The number of benzene rings is 1. The van der Waals surface area contributed by atoms with Crippen LogP contribution in [-0.4, -0.2) is 25.2 Å². The van der Waals surface area contributed by atoms with Gasteiger partial charge in [0.2, 0.25) is 5.96 Å². The lowest BCUT2D eigenvalue weighted by Gasteiger charge is -2.14. The summed E-state index contributed by atoms with van der Waals surface area (Å²) >= 11 is 0. The molecule has 0 saturated heterocycles. The fourth-order valence-corrected chi connectivity index (χ4v) is 1.29. The molecule has 0 aliphatic rings. The van der Waals surface area contributed by atoms with Gasteiger partial charge in [0.1, 0.15) is 12.4 Å². The second kappa shape index (κ2) is 6.86. The van der Waals surface area contributed by atoms with E-state index >= 15 is 0 Å². The Kier molecular flexibility index (Phi) is 5.44. The number of ether oxygens (including phenoxy) is 1. The molecule has 1 rings (SSSR count). The number of hydrogen-bond donors (Lipinski definition) is 2. The Balaban J connectivity index is 3.08. The van der Waals surface area contributed by atoms with Crippen LogP contribution in [0.5, 0.6) is 5.75 Å². The number of rotatable bonds is 5. The average molecular weight is 310 g/mol. The van der Waals surface area contributed by atoms with Gasteiger partial charge in [0.05, 0.1) is 11.8 Å². The highest BCUT2D eigenvalue weighted by Crippen LogP contribution is 2.36. The predicted octanol–water partition coefficient (Wildman–Crippen LogP) is 1.96. The summed E-state index contributed by atoms with van der Waals surface area (Å²) in [4.78, 5) is 0. The number of nitrogens with two attached hydrogens (primary N) is 2. The summed E-state index contributed by atoms with van der Waals surface area (Å²) in [7, 11) is 0. The number of halogens is 5. The highest BCUT2D eigenvalue weighted by atomic mass is 19.4. The van der Waals surface area contributed by atoms with Crippen molar-refractivity contribution in [3.63, 3.8) is 0 Å². The Hall–Kier alpha value is -2.39. The predicted molar refractivity (Wildman–Crippen MR) is 66.3 cm³/mol. The summed E-state index contributed by atoms with van der Waals surface area (Å²) in [5.74, 6) is -1.07. The lowest BCUT2D eigenvalue weighted by molar-refractivity contribution is -0.139. The van der Waals surface area contributed by atoms with Gasteiger partial charge in [-0.1, -0.05) is 6.07 Å². The van der Waals surface area contributed by atoms with E-state index in [-0.39, 0.29) is 11.5 Å². The first kappa shape index (κ1) is 16.7. The van der Waals surface area contributed by atoms with Crippen molar-refractivity contribution in [2.24, 2.45) is 21.7 Å². The SMILES string of the molecule is NC(N)=NN=Cc1ccc(C(F)(F)F)c(OCC(F)F)c1. The summed E-state index contributed by atoms with van der Waals surface area (Å²) in [6.07, 6.45) is -6.58. The Morgan fingerprint density at radius 3 is 2.48 bits per heavy atom. The van der Waals surface area contributed by atoms with E-state index in [4.69, 9.17) is 11.5 Å². The zero-order chi connectivity index (χ0) is 16.0. The minimum atomic E-state index is -4.73. The Morgan fingerprint density at radius 2 is 1.95 bits per heavy atom. The van der Waals surface area contributed by atoms with Crippen LogP contribution < -0.4 is 16.2 Å². The van der Waals surface area contributed by atoms with Crippen molar-refractivity contribution in [3.05, 3.63) is 29.3 Å². The van der Waals surface area contributed by atoms with E-state index < -0.39 is 30.5 Å². The van der Waals surface area contributed by atoms with Crippen LogP contribution in [-0.2, 0) is 6.18 Å². The molecule has 0 aromatic heterocycles. The Bertz CT molecular complexity index is 538. The molecule has 4 N–H and O–H groups in total. The van der Waals surface area contributed by atoms with E-state index in [0.717, 1.165) is 18.3 Å². The van der Waals surface area contributed by atoms with Gasteiger partial charge in [-0.05, 0) is 17.7 Å². The van der Waals surface area contributed by atoms with E-state index in [1.54, 1.807) is 0 Å². The lowest BCUT2D eigenvalue weighted by atomic mass is 10.1. The van der Waals surface area contributed by atoms with Gasteiger partial charge in [-0.2, -0.15) is 18.3 Å². The van der Waals surface area contributed by atoms with Crippen LogP contribution in [0.1, 0.15) is 11.1 Å². The van der Waals surface area contributed by atoms with Crippen molar-refractivity contribution >= 4 is 12.2 Å². The third-order valence-electron chi connectivity index (χ3n) is 2.06. The molecule has 0 amide bonds. The molecular formula is C11H11F5N4O. The zero-order valence-electron chi connectivity index (χ0n) is 10.4. The molecule has 21 heavy (non-hydrogen) atoms. The van der Waals surface area contributed by atoms with Crippen LogP contribution in [0.15, 0.2) is 28.4 Å². The molecule has 0 aliphatic heterocycles. The lowest BCUT2D eigenvalue weighted by Crippen LogP contribution is -2.21. The molecule has 0 spiro atoms. The van der Waals surface area contributed by atoms with Gasteiger partial charge in [-0.3, -0.25) is 0 Å². The van der Waals surface area contributed by atoms with Crippen LogP contribution in [0.2, 0.25) is 0 Å². The summed E-state index contributed by atoms with van der Waals surface area (Å²) < 4.78 is 66.7. The monoisotopic (exact) mass is 310 g/mol. The molecule has 1 aromatic carbocycles. The second-order valence-corrected chi connectivity index (χ2v) is 3.72. The topological polar surface area (TPSA) is 86.0 Å². The van der Waals surface area contributed by atoms with E-state index in [9.17, 15) is 22.0 Å². The van der Waals surface area contributed by atoms with Crippen LogP contribution >= 0.6 is 0 Å². The van der Waals surface area contributed by atoms with Gasteiger partial charge < -0.3 is 16.2 Å². The van der Waals surface area contributed by atoms with Crippen LogP contribution in [0.4, 0.5) is 22.0 Å². The molecule has 0 atom stereocenters. The fourth-order valence-electron chi connectivity index (χ4n) is 1.29. The summed E-state index contributed by atoms with van der Waals surface area (Å²) in [5.41, 5.74) is 9.00. The van der Waals surface area contributed by atoms with Crippen LogP contribution in [0.3, 0.4) is 0 Å². The summed E-state index contributed by atoms with van der Waals surface area (Å²) in [6, 6.07) is 2.68. The summed E-state index contributed by atoms with van der Waals surface area (Å²) in [6.45, 7) is -1.16. The number of alkyl halides is 5. The quantitative estimate of drug-likeness (QED) is 0.377. The maximum Gasteiger partial charge on any atom is 0.419 e. The molecule has 0 radical (unpaired) electrons. The Morgan fingerprint density at radius 1 is 1.29 bits per heavy atom. The van der Waals surface area contributed by atoms with E-state index in [2.05, 4.69) is 14.9 Å². The van der Waals surface area contributed by atoms with Crippen molar-refractivity contribution in [1.82, 2.24) is 0 Å². The normalized spacial score (nSPS) is 11.9. The first-order valence-electron chi connectivity index (χ1n) is 5.44. The first-order valence-corrected chi connectivity index (χ1v) is 5.44. The maximum absolute atomic E-state index is 12.7. The number of nitrogens with zero attached hydrogens (tertiary/aromatic N) is 2. The fraction of sp³-hybridized carbons (Fsp3) is 0.273. The van der Waals surface area contributed by atoms with Crippen molar-refractivity contribution in [2.45, 2.75) is 12.6 Å². The minimum absolute atomic E-state index is 0.150. The largest absolute Gasteiger partial charge is 0.487 e. The highest BCUT2D eigenvalue weighted by Gasteiger charge is 2.34. The molecule has 1 aromatic rings. The van der Waals surface area contributed by atoms with Crippen molar-refractivity contribution in [3.8, 4) is 5.75 Å². The van der Waals surface area contributed by atoms with Gasteiger partial charge in [0.25, 0.3) is 6.43 Å². The highest BCUT2D eigenvalue weighted by molar-refractivity contribution is 5.82. The standard InChI is InChI=1S/C11H11F5N4O/c12-9(13)5-21-8-3-6(4-19-20-10(17)18)1-2-7(8)11(14,15)16/h1-4,9H,5H2,(H4,17,18,20). The molecule has 0 heterocycles. The van der Waals surface area contributed by atoms with Gasteiger partial charge in [0, 0.05) is 0 Å². The molecule has 0 bridgehead atoms. The molecule has 0 unspecified atom stereocenters. The number of hydrogen-bond acceptors (Lipinski definition) is 3. The molecule has 0 saturated carbocycles. The molecule has 10 heteroatoms. The smallest absolute Gasteiger partial charge is 0.419 e. The molecule has 0 aliphatic carbocycles. The van der Waals surface area contributed by atoms with Crippen molar-refractivity contribution in [2.75, 3.05) is 6.61 Å². The second-order valence-electron chi connectivity index (χ2n) is 3.72. The zero-order valence-corrected chi connectivity index (χ0v) is 10.4. The third-order valence-corrected chi connectivity index (χ3v) is 2.06. The molecule has 116 valence electrons.